The molecular formula is C24H25N5O2. The van der Waals surface area contributed by atoms with Crippen molar-refractivity contribution in [2.75, 3.05) is 0 Å². The molecule has 0 aliphatic heterocycles. The Morgan fingerprint density at radius 1 is 1.19 bits per heavy atom. The minimum atomic E-state index is -0.242. The van der Waals surface area contributed by atoms with Gasteiger partial charge in [0.15, 0.2) is 5.82 Å². The zero-order valence-electron chi connectivity index (χ0n) is 17.7. The molecule has 2 aromatic heterocycles. The van der Waals surface area contributed by atoms with E-state index < -0.39 is 0 Å². The largest absolute Gasteiger partial charge is 0.349 e. The lowest BCUT2D eigenvalue weighted by Gasteiger charge is -2.26. The Balaban J connectivity index is 1.52. The molecule has 1 aliphatic carbocycles. The van der Waals surface area contributed by atoms with Crippen LogP contribution in [0.3, 0.4) is 0 Å². The van der Waals surface area contributed by atoms with Crippen LogP contribution in [-0.2, 0) is 0 Å². The van der Waals surface area contributed by atoms with Crippen molar-refractivity contribution in [1.82, 2.24) is 20.1 Å². The fraction of sp³-hybridized carbons (Fsp3) is 0.333. The van der Waals surface area contributed by atoms with Gasteiger partial charge in [-0.15, -0.1) is 0 Å². The van der Waals surface area contributed by atoms with E-state index in [1.54, 1.807) is 36.5 Å². The minimum Gasteiger partial charge on any atom is -0.349 e. The molecule has 158 valence electrons. The first-order chi connectivity index (χ1) is 15.0. The fourth-order valence-corrected chi connectivity index (χ4v) is 4.09. The molecule has 0 bridgehead atoms. The van der Waals surface area contributed by atoms with Crippen LogP contribution in [0, 0.1) is 24.2 Å². The number of nitrogens with one attached hydrogen (secondary N) is 2. The number of hydrogen-bond donors (Lipinski definition) is 2. The van der Waals surface area contributed by atoms with Crippen molar-refractivity contribution in [2.24, 2.45) is 5.92 Å². The van der Waals surface area contributed by atoms with Crippen molar-refractivity contribution in [1.29, 1.82) is 5.26 Å². The lowest BCUT2D eigenvalue weighted by Crippen LogP contribution is -2.37. The van der Waals surface area contributed by atoms with Gasteiger partial charge in [-0.05, 0) is 73.9 Å². The van der Waals surface area contributed by atoms with Gasteiger partial charge in [0, 0.05) is 18.4 Å². The number of aromatic nitrogens is 3. The molecule has 1 saturated carbocycles. The van der Waals surface area contributed by atoms with Crippen molar-refractivity contribution in [2.45, 2.75) is 45.6 Å². The first kappa shape index (κ1) is 20.6. The third-order valence-corrected chi connectivity index (χ3v) is 6.01. The summed E-state index contributed by atoms with van der Waals surface area (Å²) in [4.78, 5) is 29.8. The maximum absolute atomic E-state index is 12.9. The smallest absolute Gasteiger partial charge is 0.280 e. The van der Waals surface area contributed by atoms with Gasteiger partial charge >= 0.3 is 0 Å². The van der Waals surface area contributed by atoms with E-state index in [-0.39, 0.29) is 17.5 Å². The van der Waals surface area contributed by atoms with Crippen molar-refractivity contribution < 1.29 is 4.79 Å². The molecule has 2 heterocycles. The Kier molecular flexibility index (Phi) is 5.72. The average Bonchev–Trinajstić information content (AvgIpc) is 3.16. The number of nitriles is 1. The van der Waals surface area contributed by atoms with Gasteiger partial charge in [0.1, 0.15) is 0 Å². The van der Waals surface area contributed by atoms with Gasteiger partial charge in [-0.3, -0.25) is 14.7 Å². The molecule has 0 spiro atoms. The quantitative estimate of drug-likeness (QED) is 0.678. The van der Waals surface area contributed by atoms with Crippen molar-refractivity contribution in [3.05, 3.63) is 69.8 Å². The molecule has 7 heteroatoms. The summed E-state index contributed by atoms with van der Waals surface area (Å²) in [6, 6.07) is 10.9. The van der Waals surface area contributed by atoms with Crippen LogP contribution < -0.4 is 10.9 Å². The van der Waals surface area contributed by atoms with E-state index in [1.807, 2.05) is 6.92 Å². The Hall–Kier alpha value is -3.66. The van der Waals surface area contributed by atoms with Gasteiger partial charge < -0.3 is 5.32 Å². The first-order valence-electron chi connectivity index (χ1n) is 10.5. The molecular weight excluding hydrogens is 390 g/mol. The predicted octanol–water partition coefficient (Wildman–Crippen LogP) is 3.72. The summed E-state index contributed by atoms with van der Waals surface area (Å²) >= 11 is 0. The topological polar surface area (TPSA) is 104 Å². The van der Waals surface area contributed by atoms with Gasteiger partial charge in [-0.25, -0.2) is 9.67 Å². The van der Waals surface area contributed by atoms with E-state index in [0.717, 1.165) is 42.7 Å². The van der Waals surface area contributed by atoms with Crippen LogP contribution >= 0.6 is 0 Å². The highest BCUT2D eigenvalue weighted by atomic mass is 16.2. The molecule has 1 fully saturated rings. The summed E-state index contributed by atoms with van der Waals surface area (Å²) in [6.07, 6.45) is 7.42. The van der Waals surface area contributed by atoms with Gasteiger partial charge in [0.2, 0.25) is 0 Å². The number of amides is 1. The lowest BCUT2D eigenvalue weighted by molar-refractivity contribution is 0.0922. The highest BCUT2D eigenvalue weighted by molar-refractivity contribution is 5.94. The fourth-order valence-electron chi connectivity index (χ4n) is 4.09. The summed E-state index contributed by atoms with van der Waals surface area (Å²) in [6.45, 7) is 4.11. The van der Waals surface area contributed by atoms with Crippen molar-refractivity contribution in [3.8, 4) is 23.0 Å². The Morgan fingerprint density at radius 3 is 2.61 bits per heavy atom. The van der Waals surface area contributed by atoms with Crippen LogP contribution in [0.5, 0.6) is 0 Å². The average molecular weight is 415 g/mol. The number of rotatable bonds is 4. The van der Waals surface area contributed by atoms with Gasteiger partial charge in [-0.2, -0.15) is 5.26 Å². The summed E-state index contributed by atoms with van der Waals surface area (Å²) in [5, 5.41) is 15.1. The monoisotopic (exact) mass is 415 g/mol. The van der Waals surface area contributed by atoms with Crippen LogP contribution in [0.1, 0.15) is 54.1 Å². The second-order valence-electron chi connectivity index (χ2n) is 8.30. The molecule has 0 unspecified atom stereocenters. The van der Waals surface area contributed by atoms with Crippen LogP contribution in [-0.4, -0.2) is 26.7 Å². The van der Waals surface area contributed by atoms with Gasteiger partial charge in [0.05, 0.1) is 22.8 Å². The number of aromatic amines is 1. The van der Waals surface area contributed by atoms with E-state index in [9.17, 15) is 9.59 Å². The molecule has 0 saturated heterocycles. The minimum absolute atomic E-state index is 0.133. The third-order valence-electron chi connectivity index (χ3n) is 6.01. The Bertz CT molecular complexity index is 1190. The normalized spacial score (nSPS) is 18.4. The number of pyridine rings is 1. The highest BCUT2D eigenvalue weighted by Gasteiger charge is 2.20. The standard InChI is InChI=1S/C24H25N5O2/c1-15-3-7-19(8-4-15)28-23(30)18-6-10-22(26-13-18)29-24(31)21(14-27-29)20-9-5-17(12-25)11-16(20)2/h5-6,9-11,13-15,19,27H,3-4,7-8H2,1-2H3,(H,28,30). The number of H-pyrrole nitrogens is 1. The number of carbonyl (C=O) groups excluding carboxylic acids is 1. The summed E-state index contributed by atoms with van der Waals surface area (Å²) in [5.41, 5.74) is 2.89. The second kappa shape index (κ2) is 8.60. The lowest BCUT2D eigenvalue weighted by atomic mass is 9.87. The maximum atomic E-state index is 12.9. The summed E-state index contributed by atoms with van der Waals surface area (Å²) < 4.78 is 1.34. The molecule has 0 radical (unpaired) electrons. The number of carbonyl (C=O) groups is 1. The molecule has 0 atom stereocenters. The van der Waals surface area contributed by atoms with Crippen LogP contribution in [0.4, 0.5) is 0 Å². The number of hydrogen-bond acceptors (Lipinski definition) is 4. The third kappa shape index (κ3) is 4.29. The van der Waals surface area contributed by atoms with Crippen LogP contribution in [0.15, 0.2) is 47.5 Å². The highest BCUT2D eigenvalue weighted by Crippen LogP contribution is 2.24. The number of benzene rings is 1. The second-order valence-corrected chi connectivity index (χ2v) is 8.30. The molecule has 7 nitrogen and oxygen atoms in total. The number of aryl methyl sites for hydroxylation is 1. The van der Waals surface area contributed by atoms with E-state index >= 15 is 0 Å². The van der Waals surface area contributed by atoms with Crippen molar-refractivity contribution >= 4 is 5.91 Å². The Labute approximate surface area is 180 Å². The zero-order chi connectivity index (χ0) is 22.0. The van der Waals surface area contributed by atoms with Crippen molar-refractivity contribution in [3.63, 3.8) is 0 Å². The van der Waals surface area contributed by atoms with Crippen LogP contribution in [0.25, 0.3) is 16.9 Å². The van der Waals surface area contributed by atoms with E-state index in [0.29, 0.717) is 22.5 Å². The molecule has 2 N–H and O–H groups in total. The summed E-state index contributed by atoms with van der Waals surface area (Å²) in [5.74, 6) is 1.00. The molecule has 4 rings (SSSR count). The maximum Gasteiger partial charge on any atom is 0.280 e. The molecule has 1 aliphatic rings. The number of nitrogens with zero attached hydrogens (tertiary/aromatic N) is 3. The molecule has 3 aromatic rings. The summed E-state index contributed by atoms with van der Waals surface area (Å²) in [7, 11) is 0. The molecule has 1 amide bonds. The van der Waals surface area contributed by atoms with Gasteiger partial charge in [0.25, 0.3) is 11.5 Å². The van der Waals surface area contributed by atoms with E-state index in [2.05, 4.69) is 28.4 Å². The van der Waals surface area contributed by atoms with Crippen LogP contribution in [0.2, 0.25) is 0 Å². The predicted molar refractivity (Wildman–Crippen MR) is 118 cm³/mol. The molecule has 1 aromatic carbocycles. The van der Waals surface area contributed by atoms with E-state index in [1.165, 1.54) is 10.9 Å². The van der Waals surface area contributed by atoms with E-state index in [4.69, 9.17) is 5.26 Å². The first-order valence-corrected chi connectivity index (χ1v) is 10.5. The SMILES string of the molecule is Cc1cc(C#N)ccc1-c1c[nH]n(-c2ccc(C(=O)NC3CCC(C)CC3)cn2)c1=O. The van der Waals surface area contributed by atoms with Gasteiger partial charge in [-0.1, -0.05) is 13.0 Å². The Morgan fingerprint density at radius 2 is 1.97 bits per heavy atom. The zero-order valence-corrected chi connectivity index (χ0v) is 17.7. The molecule has 31 heavy (non-hydrogen) atoms.